The van der Waals surface area contributed by atoms with Gasteiger partial charge >= 0.3 is 0 Å². The first-order valence-corrected chi connectivity index (χ1v) is 12.8. The van der Waals surface area contributed by atoms with Crippen LogP contribution in [0.15, 0.2) is 85.6 Å². The van der Waals surface area contributed by atoms with Gasteiger partial charge in [0.05, 0.1) is 5.52 Å². The van der Waals surface area contributed by atoms with Crippen molar-refractivity contribution in [1.29, 1.82) is 0 Å². The van der Waals surface area contributed by atoms with Crippen molar-refractivity contribution in [2.24, 2.45) is 0 Å². The molecule has 0 bridgehead atoms. The molecule has 0 saturated carbocycles. The van der Waals surface area contributed by atoms with Crippen LogP contribution in [0.2, 0.25) is 0 Å². The van der Waals surface area contributed by atoms with E-state index in [2.05, 4.69) is 25.5 Å². The predicted molar refractivity (Wildman–Crippen MR) is 146 cm³/mol. The summed E-state index contributed by atoms with van der Waals surface area (Å²) < 4.78 is 3.08. The van der Waals surface area contributed by atoms with Gasteiger partial charge < -0.3 is 15.1 Å². The molecule has 0 spiro atoms. The Kier molecular flexibility index (Phi) is 6.71. The van der Waals surface area contributed by atoms with Crippen molar-refractivity contribution in [2.75, 3.05) is 31.5 Å². The Hall–Kier alpha value is -5.39. The molecule has 5 aromatic rings. The first kappa shape index (κ1) is 24.9. The number of piperazine rings is 1. The number of hydrogen-bond acceptors (Lipinski definition) is 7. The first-order chi connectivity index (χ1) is 19.5. The molecular formula is C28H25N9O3. The molecule has 2 aromatic carbocycles. The Labute approximate surface area is 228 Å². The van der Waals surface area contributed by atoms with Gasteiger partial charge in [0.25, 0.3) is 11.8 Å². The number of aromatic nitrogens is 6. The van der Waals surface area contributed by atoms with E-state index in [-0.39, 0.29) is 30.0 Å². The molecule has 1 aliphatic rings. The summed E-state index contributed by atoms with van der Waals surface area (Å²) >= 11 is 0. The van der Waals surface area contributed by atoms with Crippen molar-refractivity contribution in [3.63, 3.8) is 0 Å². The van der Waals surface area contributed by atoms with E-state index in [0.29, 0.717) is 48.8 Å². The Bertz CT molecular complexity index is 1670. The summed E-state index contributed by atoms with van der Waals surface area (Å²) in [7, 11) is 0. The lowest BCUT2D eigenvalue weighted by Crippen LogP contribution is -2.51. The average Bonchev–Trinajstić information content (AvgIpc) is 3.67. The monoisotopic (exact) mass is 535 g/mol. The molecule has 200 valence electrons. The number of anilines is 1. The topological polar surface area (TPSA) is 131 Å². The van der Waals surface area contributed by atoms with Crippen molar-refractivity contribution >= 4 is 34.3 Å². The van der Waals surface area contributed by atoms with Gasteiger partial charge in [-0.1, -0.05) is 24.3 Å². The van der Waals surface area contributed by atoms with Gasteiger partial charge in [-0.3, -0.25) is 19.1 Å². The fourth-order valence-electron chi connectivity index (χ4n) is 4.60. The van der Waals surface area contributed by atoms with Gasteiger partial charge in [-0.15, -0.1) is 0 Å². The van der Waals surface area contributed by atoms with E-state index in [1.54, 1.807) is 69.2 Å². The van der Waals surface area contributed by atoms with Crippen LogP contribution in [0.3, 0.4) is 0 Å². The van der Waals surface area contributed by atoms with Gasteiger partial charge in [-0.05, 0) is 42.5 Å². The number of pyridine rings is 1. The zero-order valence-electron chi connectivity index (χ0n) is 21.4. The maximum Gasteiger partial charge on any atom is 0.274 e. The third-order valence-corrected chi connectivity index (χ3v) is 6.67. The Morgan fingerprint density at radius 3 is 2.45 bits per heavy atom. The summed E-state index contributed by atoms with van der Waals surface area (Å²) in [5.74, 6) is 0.0311. The van der Waals surface area contributed by atoms with Gasteiger partial charge in [-0.25, -0.2) is 14.6 Å². The molecule has 3 amide bonds. The predicted octanol–water partition coefficient (Wildman–Crippen LogP) is 2.25. The summed E-state index contributed by atoms with van der Waals surface area (Å²) in [5, 5.41) is 12.2. The van der Waals surface area contributed by atoms with Crippen molar-refractivity contribution in [3.8, 4) is 5.82 Å². The highest BCUT2D eigenvalue weighted by Crippen LogP contribution is 2.19. The van der Waals surface area contributed by atoms with Gasteiger partial charge in [-0.2, -0.15) is 10.2 Å². The molecule has 40 heavy (non-hydrogen) atoms. The number of benzene rings is 2. The molecule has 3 aromatic heterocycles. The standard InChI is InChI=1S/C28H25N9O3/c38-26(34-11-13-35(14-12-34)28(40)20-5-2-1-3-6-20)17-36-16-21-15-22(9-10-23(21)33-36)31-27(39)24-7-4-8-25(32-24)37-19-29-18-30-37/h1-10,15-16,18-19H,11-14,17H2,(H,31,39). The molecule has 0 radical (unpaired) electrons. The zero-order chi connectivity index (χ0) is 27.5. The van der Waals surface area contributed by atoms with Crippen LogP contribution in [0.5, 0.6) is 0 Å². The quantitative estimate of drug-likeness (QED) is 0.353. The van der Waals surface area contributed by atoms with Crippen LogP contribution in [-0.2, 0) is 11.3 Å². The summed E-state index contributed by atoms with van der Waals surface area (Å²) in [6.45, 7) is 2.00. The summed E-state index contributed by atoms with van der Waals surface area (Å²) in [4.78, 5) is 50.3. The number of carbonyl (C=O) groups excluding carboxylic acids is 3. The number of fused-ring (bicyclic) bond motifs is 1. The fraction of sp³-hybridized carbons (Fsp3) is 0.179. The van der Waals surface area contributed by atoms with Crippen LogP contribution in [0.1, 0.15) is 20.8 Å². The highest BCUT2D eigenvalue weighted by molar-refractivity contribution is 6.04. The van der Waals surface area contributed by atoms with E-state index in [9.17, 15) is 14.4 Å². The number of amides is 3. The average molecular weight is 536 g/mol. The van der Waals surface area contributed by atoms with Crippen LogP contribution < -0.4 is 5.32 Å². The van der Waals surface area contributed by atoms with Crippen molar-refractivity contribution in [1.82, 2.24) is 39.3 Å². The van der Waals surface area contributed by atoms with E-state index in [0.717, 1.165) is 5.39 Å². The van der Waals surface area contributed by atoms with Gasteiger partial charge in [0.1, 0.15) is 24.9 Å². The second-order valence-corrected chi connectivity index (χ2v) is 9.31. The SMILES string of the molecule is O=C(Nc1ccc2nn(CC(=O)N3CCN(C(=O)c4ccccc4)CC3)cc2c1)c1cccc(-n2cncn2)n1. The Balaban J connectivity index is 1.07. The van der Waals surface area contributed by atoms with Crippen LogP contribution in [-0.4, -0.2) is 83.2 Å². The Morgan fingerprint density at radius 2 is 1.68 bits per heavy atom. The van der Waals surface area contributed by atoms with E-state index >= 15 is 0 Å². The molecule has 4 heterocycles. The number of carbonyl (C=O) groups is 3. The molecule has 1 aliphatic heterocycles. The van der Waals surface area contributed by atoms with Crippen LogP contribution in [0, 0.1) is 0 Å². The lowest BCUT2D eigenvalue weighted by Gasteiger charge is -2.34. The molecule has 6 rings (SSSR count). The van der Waals surface area contributed by atoms with E-state index in [1.807, 2.05) is 18.2 Å². The lowest BCUT2D eigenvalue weighted by molar-refractivity contribution is -0.133. The normalized spacial score (nSPS) is 13.4. The number of nitrogens with zero attached hydrogens (tertiary/aromatic N) is 8. The minimum absolute atomic E-state index is 0.0207. The number of hydrogen-bond donors (Lipinski definition) is 1. The first-order valence-electron chi connectivity index (χ1n) is 12.8. The lowest BCUT2D eigenvalue weighted by atomic mass is 10.2. The summed E-state index contributed by atoms with van der Waals surface area (Å²) in [6, 6.07) is 19.6. The molecule has 0 aliphatic carbocycles. The smallest absolute Gasteiger partial charge is 0.274 e. The second kappa shape index (κ2) is 10.8. The minimum Gasteiger partial charge on any atom is -0.338 e. The van der Waals surface area contributed by atoms with Crippen molar-refractivity contribution < 1.29 is 14.4 Å². The van der Waals surface area contributed by atoms with Crippen molar-refractivity contribution in [3.05, 3.63) is 96.8 Å². The maximum absolute atomic E-state index is 13.0. The van der Waals surface area contributed by atoms with Gasteiger partial charge in [0.2, 0.25) is 5.91 Å². The molecule has 0 atom stereocenters. The fourth-order valence-corrected chi connectivity index (χ4v) is 4.60. The van der Waals surface area contributed by atoms with Crippen LogP contribution in [0.4, 0.5) is 5.69 Å². The van der Waals surface area contributed by atoms with E-state index < -0.39 is 0 Å². The molecular weight excluding hydrogens is 510 g/mol. The minimum atomic E-state index is -0.367. The second-order valence-electron chi connectivity index (χ2n) is 9.31. The third-order valence-electron chi connectivity index (χ3n) is 6.67. The highest BCUT2D eigenvalue weighted by atomic mass is 16.2. The molecule has 12 nitrogen and oxygen atoms in total. The van der Waals surface area contributed by atoms with Crippen LogP contribution >= 0.6 is 0 Å². The molecule has 1 fully saturated rings. The number of rotatable bonds is 6. The highest BCUT2D eigenvalue weighted by Gasteiger charge is 2.25. The molecule has 12 heteroatoms. The Morgan fingerprint density at radius 1 is 0.875 bits per heavy atom. The largest absolute Gasteiger partial charge is 0.338 e. The van der Waals surface area contributed by atoms with Crippen LogP contribution in [0.25, 0.3) is 16.7 Å². The van der Waals surface area contributed by atoms with E-state index in [4.69, 9.17) is 0 Å². The summed E-state index contributed by atoms with van der Waals surface area (Å²) in [6.07, 6.45) is 4.68. The van der Waals surface area contributed by atoms with Gasteiger partial charge in [0.15, 0.2) is 5.82 Å². The summed E-state index contributed by atoms with van der Waals surface area (Å²) in [5.41, 5.74) is 2.17. The zero-order valence-corrected chi connectivity index (χ0v) is 21.4. The molecule has 1 saturated heterocycles. The molecule has 1 N–H and O–H groups in total. The van der Waals surface area contributed by atoms with Gasteiger partial charge in [0, 0.05) is 49.0 Å². The number of nitrogens with one attached hydrogen (secondary N) is 1. The third kappa shape index (κ3) is 5.27. The van der Waals surface area contributed by atoms with E-state index in [1.165, 1.54) is 17.3 Å². The maximum atomic E-state index is 13.0. The van der Waals surface area contributed by atoms with Crippen molar-refractivity contribution in [2.45, 2.75) is 6.54 Å². The molecule has 0 unspecified atom stereocenters.